The number of carbonyl (C=O) groups is 2. The Morgan fingerprint density at radius 1 is 1.29 bits per heavy atom. The minimum atomic E-state index is -4.83. The van der Waals surface area contributed by atoms with Crippen LogP contribution in [0.15, 0.2) is 0 Å². The first-order chi connectivity index (χ1) is 7.78. The number of rotatable bonds is 3. The molecule has 1 rings (SSSR count). The highest BCUT2D eigenvalue weighted by Gasteiger charge is 2.53. The van der Waals surface area contributed by atoms with Crippen LogP contribution in [0.25, 0.3) is 0 Å². The van der Waals surface area contributed by atoms with Crippen LogP contribution in [0, 0.1) is 0 Å². The average molecular weight is 257 g/mol. The van der Waals surface area contributed by atoms with Gasteiger partial charge in [0.1, 0.15) is 6.04 Å². The van der Waals surface area contributed by atoms with E-state index in [2.05, 4.69) is 0 Å². The summed E-state index contributed by atoms with van der Waals surface area (Å²) in [7, 11) is 0. The molecule has 1 aliphatic rings. The molecule has 1 heterocycles. The second-order valence-corrected chi connectivity index (χ2v) is 3.77. The van der Waals surface area contributed by atoms with Gasteiger partial charge >= 0.3 is 18.3 Å². The van der Waals surface area contributed by atoms with E-state index in [-0.39, 0.29) is 13.0 Å². The summed E-state index contributed by atoms with van der Waals surface area (Å²) in [6.45, 7) is -0.238. The number of piperidine rings is 1. The molecule has 8 heteroatoms. The normalized spacial score (nSPS) is 21.7. The van der Waals surface area contributed by atoms with E-state index in [1.165, 1.54) is 0 Å². The molecule has 1 unspecified atom stereocenters. The number of carbonyl (C=O) groups excluding carboxylic acids is 1. The molecular formula is C9H11F4NO3. The summed E-state index contributed by atoms with van der Waals surface area (Å²) in [5.41, 5.74) is 0. The molecule has 17 heavy (non-hydrogen) atoms. The fourth-order valence-electron chi connectivity index (χ4n) is 1.72. The molecule has 0 saturated carbocycles. The van der Waals surface area contributed by atoms with Gasteiger partial charge in [0.05, 0.1) is 0 Å². The maximum absolute atomic E-state index is 12.8. The Labute approximate surface area is 94.2 Å². The minimum absolute atomic E-state index is 0.000388. The van der Waals surface area contributed by atoms with E-state index in [4.69, 9.17) is 5.11 Å². The van der Waals surface area contributed by atoms with E-state index in [1.54, 1.807) is 0 Å². The van der Waals surface area contributed by atoms with E-state index in [9.17, 15) is 27.2 Å². The van der Waals surface area contributed by atoms with Crippen molar-refractivity contribution in [1.29, 1.82) is 0 Å². The number of hydrogen-bond donors (Lipinski definition) is 1. The number of likely N-dealkylation sites (tertiary alicyclic amines) is 1. The predicted molar refractivity (Wildman–Crippen MR) is 47.9 cm³/mol. The van der Waals surface area contributed by atoms with Gasteiger partial charge in [-0.25, -0.2) is 13.6 Å². The summed E-state index contributed by atoms with van der Waals surface area (Å²) in [5.74, 6) is -8.40. The molecule has 0 aliphatic carbocycles. The third kappa shape index (κ3) is 2.67. The highest BCUT2D eigenvalue weighted by Crippen LogP contribution is 2.29. The summed E-state index contributed by atoms with van der Waals surface area (Å²) in [6.07, 6.45) is -3.35. The molecule has 1 amide bonds. The summed E-state index contributed by atoms with van der Waals surface area (Å²) >= 11 is 0. The molecule has 1 N–H and O–H groups in total. The number of amides is 1. The lowest BCUT2D eigenvalue weighted by Gasteiger charge is -2.34. The van der Waals surface area contributed by atoms with E-state index < -0.39 is 30.3 Å². The summed E-state index contributed by atoms with van der Waals surface area (Å²) < 4.78 is 49.7. The van der Waals surface area contributed by atoms with Crippen molar-refractivity contribution in [3.63, 3.8) is 0 Å². The Kier molecular flexibility index (Phi) is 3.94. The first-order valence-corrected chi connectivity index (χ1v) is 4.98. The molecular weight excluding hydrogens is 246 g/mol. The maximum Gasteiger partial charge on any atom is 0.383 e. The van der Waals surface area contributed by atoms with E-state index in [0.29, 0.717) is 17.7 Å². The van der Waals surface area contributed by atoms with Gasteiger partial charge in [-0.15, -0.1) is 0 Å². The van der Waals surface area contributed by atoms with Gasteiger partial charge in [-0.3, -0.25) is 4.79 Å². The van der Waals surface area contributed by atoms with Crippen LogP contribution in [0.5, 0.6) is 0 Å². The Balaban J connectivity index is 2.89. The monoisotopic (exact) mass is 257 g/mol. The Bertz CT molecular complexity index is 321. The van der Waals surface area contributed by atoms with Gasteiger partial charge < -0.3 is 10.0 Å². The van der Waals surface area contributed by atoms with Crippen molar-refractivity contribution < 1.29 is 32.3 Å². The quantitative estimate of drug-likeness (QED) is 0.776. The number of halogens is 4. The van der Waals surface area contributed by atoms with Crippen molar-refractivity contribution in [1.82, 2.24) is 4.90 Å². The number of nitrogens with zero attached hydrogens (tertiary/aromatic N) is 1. The molecule has 0 radical (unpaired) electrons. The number of alkyl halides is 4. The van der Waals surface area contributed by atoms with Gasteiger partial charge in [0, 0.05) is 6.54 Å². The van der Waals surface area contributed by atoms with Crippen LogP contribution >= 0.6 is 0 Å². The molecule has 98 valence electrons. The second kappa shape index (κ2) is 4.89. The van der Waals surface area contributed by atoms with E-state index in [0.717, 1.165) is 0 Å². The minimum Gasteiger partial charge on any atom is -0.480 e. The van der Waals surface area contributed by atoms with Crippen LogP contribution in [-0.4, -0.2) is 46.8 Å². The third-order valence-electron chi connectivity index (χ3n) is 2.61. The van der Waals surface area contributed by atoms with E-state index in [1.807, 2.05) is 0 Å². The number of aliphatic carboxylic acids is 1. The molecule has 1 atom stereocenters. The molecule has 1 aliphatic heterocycles. The van der Waals surface area contributed by atoms with Gasteiger partial charge in [0.25, 0.3) is 5.91 Å². The Hall–Kier alpha value is -1.34. The van der Waals surface area contributed by atoms with Crippen molar-refractivity contribution in [3.05, 3.63) is 0 Å². The summed E-state index contributed by atoms with van der Waals surface area (Å²) in [4.78, 5) is 22.3. The zero-order valence-electron chi connectivity index (χ0n) is 8.71. The standard InChI is InChI=1S/C9H11F4NO3/c10-7(11)9(12,13)8(17)14-4-2-1-3-5(14)6(15)16/h5,7H,1-4H2,(H,15,16). The fraction of sp³-hybridized carbons (Fsp3) is 0.778. The number of carboxylic acids is 1. The van der Waals surface area contributed by atoms with Crippen molar-refractivity contribution in [2.75, 3.05) is 6.54 Å². The predicted octanol–water partition coefficient (Wildman–Crippen LogP) is 1.35. The molecule has 1 saturated heterocycles. The summed E-state index contributed by atoms with van der Waals surface area (Å²) in [5, 5.41) is 8.74. The molecule has 0 spiro atoms. The third-order valence-corrected chi connectivity index (χ3v) is 2.61. The Morgan fingerprint density at radius 3 is 2.35 bits per heavy atom. The zero-order valence-corrected chi connectivity index (χ0v) is 8.71. The Morgan fingerprint density at radius 2 is 1.88 bits per heavy atom. The molecule has 1 fully saturated rings. The second-order valence-electron chi connectivity index (χ2n) is 3.77. The van der Waals surface area contributed by atoms with Gasteiger partial charge in [0.15, 0.2) is 0 Å². The van der Waals surface area contributed by atoms with Gasteiger partial charge in [-0.05, 0) is 19.3 Å². The van der Waals surface area contributed by atoms with Gasteiger partial charge in [-0.1, -0.05) is 0 Å². The molecule has 4 nitrogen and oxygen atoms in total. The highest BCUT2D eigenvalue weighted by molar-refractivity contribution is 5.88. The topological polar surface area (TPSA) is 57.6 Å². The van der Waals surface area contributed by atoms with E-state index >= 15 is 0 Å². The summed E-state index contributed by atoms with van der Waals surface area (Å²) in [6, 6.07) is -1.44. The lowest BCUT2D eigenvalue weighted by molar-refractivity contribution is -0.186. The van der Waals surface area contributed by atoms with Crippen molar-refractivity contribution in [2.45, 2.75) is 37.7 Å². The first-order valence-electron chi connectivity index (χ1n) is 4.98. The van der Waals surface area contributed by atoms with Crippen molar-refractivity contribution in [2.24, 2.45) is 0 Å². The van der Waals surface area contributed by atoms with Gasteiger partial charge in [0.2, 0.25) is 0 Å². The van der Waals surface area contributed by atoms with Gasteiger partial charge in [-0.2, -0.15) is 8.78 Å². The molecule has 0 bridgehead atoms. The SMILES string of the molecule is O=C(O)C1CCCCN1C(=O)C(F)(F)C(F)F. The zero-order chi connectivity index (χ0) is 13.2. The van der Waals surface area contributed by atoms with Crippen molar-refractivity contribution >= 4 is 11.9 Å². The lowest BCUT2D eigenvalue weighted by Crippen LogP contribution is -2.55. The molecule has 0 aromatic carbocycles. The van der Waals surface area contributed by atoms with Crippen LogP contribution in [0.1, 0.15) is 19.3 Å². The van der Waals surface area contributed by atoms with Crippen molar-refractivity contribution in [3.8, 4) is 0 Å². The molecule has 0 aromatic heterocycles. The first kappa shape index (κ1) is 13.7. The van der Waals surface area contributed by atoms with Crippen LogP contribution < -0.4 is 0 Å². The maximum atomic E-state index is 12.8. The lowest BCUT2D eigenvalue weighted by atomic mass is 10.0. The van der Waals surface area contributed by atoms with Crippen LogP contribution in [0.3, 0.4) is 0 Å². The largest absolute Gasteiger partial charge is 0.480 e. The van der Waals surface area contributed by atoms with Crippen LogP contribution in [0.4, 0.5) is 17.6 Å². The van der Waals surface area contributed by atoms with Crippen LogP contribution in [-0.2, 0) is 9.59 Å². The number of hydrogen-bond acceptors (Lipinski definition) is 2. The highest BCUT2D eigenvalue weighted by atomic mass is 19.3. The molecule has 0 aromatic rings. The fourth-order valence-corrected chi connectivity index (χ4v) is 1.72. The van der Waals surface area contributed by atoms with Crippen LogP contribution in [0.2, 0.25) is 0 Å². The average Bonchev–Trinajstić information content (AvgIpc) is 2.27. The smallest absolute Gasteiger partial charge is 0.383 e. The number of carboxylic acid groups (broad SMARTS) is 1.